The van der Waals surface area contributed by atoms with Gasteiger partial charge in [0.2, 0.25) is 0 Å². The predicted octanol–water partition coefficient (Wildman–Crippen LogP) is 2.39. The predicted molar refractivity (Wildman–Crippen MR) is 46.2 cm³/mol. The summed E-state index contributed by atoms with van der Waals surface area (Å²) in [5.41, 5.74) is -1.12. The molecule has 84 valence electrons. The second-order valence-electron chi connectivity index (χ2n) is 2.66. The summed E-state index contributed by atoms with van der Waals surface area (Å²) in [7, 11) is 1.19. The van der Waals surface area contributed by atoms with E-state index < -0.39 is 23.2 Å². The summed E-state index contributed by atoms with van der Waals surface area (Å²) in [5.74, 6) is 0. The van der Waals surface area contributed by atoms with Gasteiger partial charge in [-0.3, -0.25) is 0 Å². The number of aliphatic hydroxyl groups is 1. The molecule has 0 aliphatic rings. The van der Waals surface area contributed by atoms with E-state index >= 15 is 0 Å². The number of pyridine rings is 1. The van der Waals surface area contributed by atoms with Crippen LogP contribution in [0.5, 0.6) is 0 Å². The molecule has 1 rings (SSSR count). The van der Waals surface area contributed by atoms with Crippen LogP contribution in [0.4, 0.5) is 13.2 Å². The van der Waals surface area contributed by atoms with Crippen LogP contribution in [-0.4, -0.2) is 17.2 Å². The van der Waals surface area contributed by atoms with Gasteiger partial charge in [-0.25, -0.2) is 4.98 Å². The Bertz CT molecular complexity index is 356. The summed E-state index contributed by atoms with van der Waals surface area (Å²) in [5, 5.41) is 8.41. The molecule has 3 nitrogen and oxygen atoms in total. The molecule has 0 saturated carbocycles. The number of aromatic nitrogens is 1. The molecular weight excluding hydrogens is 235 g/mol. The van der Waals surface area contributed by atoms with Crippen molar-refractivity contribution >= 4 is 11.6 Å². The second-order valence-corrected chi connectivity index (χ2v) is 3.02. The first-order valence-electron chi connectivity index (χ1n) is 3.80. The Balaban J connectivity index is 3.09. The van der Waals surface area contributed by atoms with Gasteiger partial charge in [0.15, 0.2) is 6.29 Å². The minimum atomic E-state index is -4.55. The van der Waals surface area contributed by atoms with Crippen molar-refractivity contribution in [3.63, 3.8) is 0 Å². The van der Waals surface area contributed by atoms with Crippen LogP contribution >= 0.6 is 11.6 Å². The van der Waals surface area contributed by atoms with E-state index in [4.69, 9.17) is 16.7 Å². The standard InChI is InChI=1S/C8H7ClF3NO2/c1-15-7(14)5-3-2-4(6(9)13-5)8(10,11)12/h2-3,7,14H,1H3. The third-order valence-electron chi connectivity index (χ3n) is 1.65. The van der Waals surface area contributed by atoms with Crippen molar-refractivity contribution < 1.29 is 23.0 Å². The Hall–Kier alpha value is -0.850. The van der Waals surface area contributed by atoms with E-state index in [1.165, 1.54) is 7.11 Å². The average Bonchev–Trinajstić information content (AvgIpc) is 2.14. The van der Waals surface area contributed by atoms with Crippen molar-refractivity contribution in [3.05, 3.63) is 28.5 Å². The van der Waals surface area contributed by atoms with Crippen LogP contribution in [0.2, 0.25) is 5.15 Å². The van der Waals surface area contributed by atoms with Crippen molar-refractivity contribution in [2.45, 2.75) is 12.5 Å². The molecule has 1 heterocycles. The smallest absolute Gasteiger partial charge is 0.363 e. The van der Waals surface area contributed by atoms with Crippen molar-refractivity contribution in [2.75, 3.05) is 7.11 Å². The molecule has 1 atom stereocenters. The van der Waals surface area contributed by atoms with Gasteiger partial charge < -0.3 is 9.84 Å². The van der Waals surface area contributed by atoms with Gasteiger partial charge in [-0.05, 0) is 12.1 Å². The minimum absolute atomic E-state index is 0.0736. The third-order valence-corrected chi connectivity index (χ3v) is 1.94. The number of halogens is 4. The molecule has 0 bridgehead atoms. The van der Waals surface area contributed by atoms with Gasteiger partial charge in [0.1, 0.15) is 5.15 Å². The van der Waals surface area contributed by atoms with E-state index in [0.717, 1.165) is 12.1 Å². The summed E-state index contributed by atoms with van der Waals surface area (Å²) >= 11 is 5.32. The molecule has 0 amide bonds. The molecule has 0 saturated heterocycles. The highest BCUT2D eigenvalue weighted by atomic mass is 35.5. The van der Waals surface area contributed by atoms with Crippen LogP contribution in [0.15, 0.2) is 12.1 Å². The molecule has 0 radical (unpaired) electrons. The lowest BCUT2D eigenvalue weighted by atomic mass is 10.2. The molecule has 1 N–H and O–H groups in total. The molecule has 15 heavy (non-hydrogen) atoms. The van der Waals surface area contributed by atoms with Gasteiger partial charge in [-0.2, -0.15) is 13.2 Å². The second kappa shape index (κ2) is 4.34. The van der Waals surface area contributed by atoms with Crippen molar-refractivity contribution in [1.29, 1.82) is 0 Å². The van der Waals surface area contributed by atoms with Crippen molar-refractivity contribution in [3.8, 4) is 0 Å². The molecule has 0 aromatic carbocycles. The Labute approximate surface area is 88.5 Å². The highest BCUT2D eigenvalue weighted by Crippen LogP contribution is 2.34. The SMILES string of the molecule is COC(O)c1ccc(C(F)(F)F)c(Cl)n1. The molecule has 1 aromatic rings. The Morgan fingerprint density at radius 1 is 1.47 bits per heavy atom. The van der Waals surface area contributed by atoms with Crippen LogP contribution in [0.1, 0.15) is 17.5 Å². The lowest BCUT2D eigenvalue weighted by molar-refractivity contribution is -0.138. The highest BCUT2D eigenvalue weighted by molar-refractivity contribution is 6.30. The van der Waals surface area contributed by atoms with Gasteiger partial charge >= 0.3 is 6.18 Å². The Morgan fingerprint density at radius 3 is 2.47 bits per heavy atom. The van der Waals surface area contributed by atoms with Gasteiger partial charge in [-0.1, -0.05) is 11.6 Å². The maximum atomic E-state index is 12.2. The maximum Gasteiger partial charge on any atom is 0.419 e. The fraction of sp³-hybridized carbons (Fsp3) is 0.375. The number of aliphatic hydroxyl groups excluding tert-OH is 1. The Kier molecular flexibility index (Phi) is 3.54. The molecule has 0 spiro atoms. The molecule has 0 fully saturated rings. The average molecular weight is 242 g/mol. The van der Waals surface area contributed by atoms with Crippen LogP contribution in [0, 0.1) is 0 Å². The van der Waals surface area contributed by atoms with Crippen molar-refractivity contribution in [2.24, 2.45) is 0 Å². The molecular formula is C8H7ClF3NO2. The number of alkyl halides is 3. The largest absolute Gasteiger partial charge is 0.419 e. The van der Waals surface area contributed by atoms with Gasteiger partial charge in [-0.15, -0.1) is 0 Å². The fourth-order valence-corrected chi connectivity index (χ4v) is 1.19. The van der Waals surface area contributed by atoms with Crippen LogP contribution in [0.25, 0.3) is 0 Å². The summed E-state index contributed by atoms with van der Waals surface area (Å²) in [4.78, 5) is 3.38. The summed E-state index contributed by atoms with van der Waals surface area (Å²) in [6.45, 7) is 0. The molecule has 1 unspecified atom stereocenters. The third kappa shape index (κ3) is 2.80. The molecule has 1 aromatic heterocycles. The number of nitrogens with zero attached hydrogens (tertiary/aromatic N) is 1. The van der Waals surface area contributed by atoms with Gasteiger partial charge in [0.25, 0.3) is 0 Å². The quantitative estimate of drug-likeness (QED) is 0.639. The zero-order valence-electron chi connectivity index (χ0n) is 7.55. The first kappa shape index (κ1) is 12.2. The molecule has 0 aliphatic carbocycles. The Morgan fingerprint density at radius 2 is 2.07 bits per heavy atom. The van der Waals surface area contributed by atoms with E-state index in [-0.39, 0.29) is 5.69 Å². The zero-order chi connectivity index (χ0) is 11.6. The van der Waals surface area contributed by atoms with E-state index in [1.807, 2.05) is 0 Å². The van der Waals surface area contributed by atoms with E-state index in [2.05, 4.69) is 9.72 Å². The van der Waals surface area contributed by atoms with Crippen LogP contribution in [0.3, 0.4) is 0 Å². The number of methoxy groups -OCH3 is 1. The number of ether oxygens (including phenoxy) is 1. The summed E-state index contributed by atoms with van der Waals surface area (Å²) in [6, 6.07) is 1.75. The van der Waals surface area contributed by atoms with Gasteiger partial charge in [0, 0.05) is 7.11 Å². The number of rotatable bonds is 2. The monoisotopic (exact) mass is 241 g/mol. The zero-order valence-corrected chi connectivity index (χ0v) is 8.30. The topological polar surface area (TPSA) is 42.4 Å². The minimum Gasteiger partial charge on any atom is -0.363 e. The molecule has 7 heteroatoms. The summed E-state index contributed by atoms with van der Waals surface area (Å²) in [6.07, 6.45) is -5.94. The van der Waals surface area contributed by atoms with Crippen LogP contribution < -0.4 is 0 Å². The van der Waals surface area contributed by atoms with E-state index in [1.54, 1.807) is 0 Å². The van der Waals surface area contributed by atoms with Gasteiger partial charge in [0.05, 0.1) is 11.3 Å². The van der Waals surface area contributed by atoms with E-state index in [9.17, 15) is 13.2 Å². The fourth-order valence-electron chi connectivity index (χ4n) is 0.918. The lowest BCUT2D eigenvalue weighted by Gasteiger charge is -2.11. The first-order valence-corrected chi connectivity index (χ1v) is 4.18. The number of hydrogen-bond donors (Lipinski definition) is 1. The maximum absolute atomic E-state index is 12.2. The molecule has 0 aliphatic heterocycles. The lowest BCUT2D eigenvalue weighted by Crippen LogP contribution is -2.09. The first-order chi connectivity index (χ1) is 6.86. The highest BCUT2D eigenvalue weighted by Gasteiger charge is 2.34. The van der Waals surface area contributed by atoms with E-state index in [0.29, 0.717) is 0 Å². The van der Waals surface area contributed by atoms with Crippen LogP contribution in [-0.2, 0) is 10.9 Å². The number of hydrogen-bond acceptors (Lipinski definition) is 3. The van der Waals surface area contributed by atoms with Crippen molar-refractivity contribution in [1.82, 2.24) is 4.98 Å². The normalized spacial score (nSPS) is 14.0. The summed E-state index contributed by atoms with van der Waals surface area (Å²) < 4.78 is 41.2.